The van der Waals surface area contributed by atoms with E-state index < -0.39 is 10.0 Å². The Morgan fingerprint density at radius 2 is 2.37 bits per heavy atom. The molecule has 8 heteroatoms. The Bertz CT molecular complexity index is 493. The zero-order chi connectivity index (χ0) is 13.7. The molecule has 2 heterocycles. The highest BCUT2D eigenvalue weighted by molar-refractivity contribution is 7.89. The van der Waals surface area contributed by atoms with Gasteiger partial charge in [-0.15, -0.1) is 0 Å². The second-order valence-electron chi connectivity index (χ2n) is 4.91. The van der Waals surface area contributed by atoms with E-state index in [1.165, 1.54) is 12.8 Å². The molecule has 0 saturated carbocycles. The lowest BCUT2D eigenvalue weighted by Crippen LogP contribution is -2.37. The van der Waals surface area contributed by atoms with Crippen LogP contribution >= 0.6 is 0 Å². The summed E-state index contributed by atoms with van der Waals surface area (Å²) in [5.41, 5.74) is 0. The van der Waals surface area contributed by atoms with E-state index in [4.69, 9.17) is 0 Å². The summed E-state index contributed by atoms with van der Waals surface area (Å²) in [7, 11) is -1.50. The van der Waals surface area contributed by atoms with Crippen LogP contribution in [-0.4, -0.2) is 41.5 Å². The maximum absolute atomic E-state index is 11.9. The first-order valence-electron chi connectivity index (χ1n) is 6.60. The summed E-state index contributed by atoms with van der Waals surface area (Å²) in [4.78, 5) is 3.98. The maximum atomic E-state index is 11.9. The van der Waals surface area contributed by atoms with Crippen LogP contribution in [0.25, 0.3) is 0 Å². The minimum Gasteiger partial charge on any atom is -0.314 e. The molecule has 7 nitrogen and oxygen atoms in total. The van der Waals surface area contributed by atoms with Crippen molar-refractivity contribution in [3.05, 3.63) is 12.2 Å². The number of nitrogens with one attached hydrogen (secondary N) is 2. The average molecular weight is 287 g/mol. The maximum Gasteiger partial charge on any atom is 0.212 e. The van der Waals surface area contributed by atoms with Crippen molar-refractivity contribution in [2.24, 2.45) is 7.05 Å². The third-order valence-electron chi connectivity index (χ3n) is 3.24. The van der Waals surface area contributed by atoms with Gasteiger partial charge in [0.25, 0.3) is 0 Å². The van der Waals surface area contributed by atoms with Gasteiger partial charge in [-0.3, -0.25) is 4.68 Å². The van der Waals surface area contributed by atoms with E-state index in [1.807, 2.05) is 0 Å². The molecule has 1 atom stereocenters. The van der Waals surface area contributed by atoms with Crippen molar-refractivity contribution in [3.63, 3.8) is 0 Å². The molecule has 1 aliphatic heterocycles. The minimum atomic E-state index is -3.25. The number of piperidine rings is 1. The molecular formula is C11H21N5O2S. The van der Waals surface area contributed by atoms with Gasteiger partial charge in [0.05, 0.1) is 12.3 Å². The van der Waals surface area contributed by atoms with E-state index in [0.29, 0.717) is 18.3 Å². The van der Waals surface area contributed by atoms with E-state index >= 15 is 0 Å². The van der Waals surface area contributed by atoms with Crippen molar-refractivity contribution in [3.8, 4) is 0 Å². The van der Waals surface area contributed by atoms with Crippen LogP contribution < -0.4 is 10.0 Å². The summed E-state index contributed by atoms with van der Waals surface area (Å²) in [6, 6.07) is 0.332. The molecule has 2 N–H and O–H groups in total. The van der Waals surface area contributed by atoms with Crippen LogP contribution in [0.15, 0.2) is 6.33 Å². The molecule has 1 saturated heterocycles. The number of aryl methyl sites for hydroxylation is 1. The second-order valence-corrected chi connectivity index (χ2v) is 6.84. The summed E-state index contributed by atoms with van der Waals surface area (Å²) in [6.07, 6.45) is 5.65. The van der Waals surface area contributed by atoms with Crippen molar-refractivity contribution in [1.82, 2.24) is 24.8 Å². The van der Waals surface area contributed by atoms with Gasteiger partial charge >= 0.3 is 0 Å². The molecule has 0 radical (unpaired) electrons. The van der Waals surface area contributed by atoms with Crippen LogP contribution in [0, 0.1) is 0 Å². The van der Waals surface area contributed by atoms with Crippen molar-refractivity contribution >= 4 is 10.0 Å². The quantitative estimate of drug-likeness (QED) is 0.754. The zero-order valence-corrected chi connectivity index (χ0v) is 12.0. The first-order valence-corrected chi connectivity index (χ1v) is 8.26. The predicted molar refractivity (Wildman–Crippen MR) is 71.9 cm³/mol. The summed E-state index contributed by atoms with van der Waals surface area (Å²) in [5.74, 6) is 0.638. The number of hydrogen-bond donors (Lipinski definition) is 2. The van der Waals surface area contributed by atoms with E-state index in [2.05, 4.69) is 20.1 Å². The van der Waals surface area contributed by atoms with Gasteiger partial charge in [-0.25, -0.2) is 18.1 Å². The summed E-state index contributed by atoms with van der Waals surface area (Å²) < 4.78 is 27.8. The Balaban J connectivity index is 1.75. The standard InChI is InChI=1S/C11H21N5O2S/c1-16-9-13-11(15-16)8-14-19(17,18)7-5-10-4-2-3-6-12-10/h9-10,12,14H,2-8H2,1H3. The van der Waals surface area contributed by atoms with Crippen molar-refractivity contribution in [2.75, 3.05) is 12.3 Å². The number of aromatic nitrogens is 3. The van der Waals surface area contributed by atoms with E-state index in [0.717, 1.165) is 13.0 Å². The lowest BCUT2D eigenvalue weighted by atomic mass is 10.0. The zero-order valence-electron chi connectivity index (χ0n) is 11.2. The molecule has 1 aliphatic rings. The fourth-order valence-corrected chi connectivity index (χ4v) is 3.27. The Hall–Kier alpha value is -0.990. The van der Waals surface area contributed by atoms with Gasteiger partial charge in [0, 0.05) is 13.1 Å². The molecule has 108 valence electrons. The molecule has 0 bridgehead atoms. The van der Waals surface area contributed by atoms with Crippen LogP contribution in [0.3, 0.4) is 0 Å². The molecule has 1 unspecified atom stereocenters. The summed E-state index contributed by atoms with van der Waals surface area (Å²) in [6.45, 7) is 1.15. The van der Waals surface area contributed by atoms with Crippen molar-refractivity contribution in [2.45, 2.75) is 38.3 Å². The molecule has 19 heavy (non-hydrogen) atoms. The van der Waals surface area contributed by atoms with Gasteiger partial charge < -0.3 is 5.32 Å². The molecule has 0 spiro atoms. The molecule has 1 fully saturated rings. The topological polar surface area (TPSA) is 88.9 Å². The third-order valence-corrected chi connectivity index (χ3v) is 4.60. The Morgan fingerprint density at radius 3 is 3.00 bits per heavy atom. The third kappa shape index (κ3) is 4.88. The van der Waals surface area contributed by atoms with Gasteiger partial charge in [0.1, 0.15) is 6.33 Å². The smallest absolute Gasteiger partial charge is 0.212 e. The highest BCUT2D eigenvalue weighted by Crippen LogP contribution is 2.10. The number of rotatable bonds is 6. The fourth-order valence-electron chi connectivity index (χ4n) is 2.18. The van der Waals surface area contributed by atoms with Crippen LogP contribution in [0.1, 0.15) is 31.5 Å². The monoisotopic (exact) mass is 287 g/mol. The van der Waals surface area contributed by atoms with Crippen LogP contribution in [0.5, 0.6) is 0 Å². The number of hydrogen-bond acceptors (Lipinski definition) is 5. The van der Waals surface area contributed by atoms with Crippen molar-refractivity contribution < 1.29 is 8.42 Å². The van der Waals surface area contributed by atoms with Gasteiger partial charge in [0.15, 0.2) is 5.82 Å². The lowest BCUT2D eigenvalue weighted by molar-refractivity contribution is 0.392. The van der Waals surface area contributed by atoms with Gasteiger partial charge in [-0.1, -0.05) is 6.42 Å². The normalized spacial score (nSPS) is 20.6. The highest BCUT2D eigenvalue weighted by atomic mass is 32.2. The van der Waals surface area contributed by atoms with Crippen LogP contribution in [0.4, 0.5) is 0 Å². The molecule has 0 aromatic carbocycles. The van der Waals surface area contributed by atoms with Crippen LogP contribution in [-0.2, 0) is 23.6 Å². The SMILES string of the molecule is Cn1cnc(CNS(=O)(=O)CCC2CCCCN2)n1. The van der Waals surface area contributed by atoms with E-state index in [9.17, 15) is 8.42 Å². The van der Waals surface area contributed by atoms with E-state index in [1.54, 1.807) is 18.1 Å². The van der Waals surface area contributed by atoms with Gasteiger partial charge in [0.2, 0.25) is 10.0 Å². The Morgan fingerprint density at radius 1 is 1.53 bits per heavy atom. The first kappa shape index (κ1) is 14.4. The number of sulfonamides is 1. The summed E-state index contributed by atoms with van der Waals surface area (Å²) in [5, 5.41) is 7.38. The van der Waals surface area contributed by atoms with Gasteiger partial charge in [-0.05, 0) is 25.8 Å². The van der Waals surface area contributed by atoms with Crippen molar-refractivity contribution in [1.29, 1.82) is 0 Å². The molecule has 0 aliphatic carbocycles. The second kappa shape index (κ2) is 6.44. The Kier molecular flexibility index (Phi) is 4.89. The largest absolute Gasteiger partial charge is 0.314 e. The van der Waals surface area contributed by atoms with Crippen LogP contribution in [0.2, 0.25) is 0 Å². The molecular weight excluding hydrogens is 266 g/mol. The fraction of sp³-hybridized carbons (Fsp3) is 0.818. The highest BCUT2D eigenvalue weighted by Gasteiger charge is 2.17. The predicted octanol–water partition coefficient (Wildman–Crippen LogP) is -0.233. The molecule has 1 aromatic rings. The van der Waals surface area contributed by atoms with Gasteiger partial charge in [-0.2, -0.15) is 5.10 Å². The number of nitrogens with zero attached hydrogens (tertiary/aromatic N) is 3. The average Bonchev–Trinajstić information content (AvgIpc) is 2.82. The lowest BCUT2D eigenvalue weighted by Gasteiger charge is -2.23. The molecule has 2 rings (SSSR count). The molecule has 0 amide bonds. The minimum absolute atomic E-state index is 0.150. The Labute approximate surface area is 113 Å². The first-order chi connectivity index (χ1) is 9.05. The summed E-state index contributed by atoms with van der Waals surface area (Å²) >= 11 is 0. The molecule has 1 aromatic heterocycles. The van der Waals surface area contributed by atoms with E-state index in [-0.39, 0.29) is 12.3 Å².